The van der Waals surface area contributed by atoms with Gasteiger partial charge in [-0.3, -0.25) is 0 Å². The molecule has 0 aliphatic rings. The molecular weight excluding hydrogens is 278 g/mol. The summed E-state index contributed by atoms with van der Waals surface area (Å²) in [6.45, 7) is 0.820. The first-order chi connectivity index (χ1) is 6.36. The van der Waals surface area contributed by atoms with E-state index in [0.717, 1.165) is 18.7 Å². The number of nitrogens with two attached hydrogens (primary N) is 1. The third kappa shape index (κ3) is 3.99. The van der Waals surface area contributed by atoms with Crippen LogP contribution in [0.4, 0.5) is 0 Å². The van der Waals surface area contributed by atoms with Crippen LogP contribution in [0.1, 0.15) is 6.42 Å². The summed E-state index contributed by atoms with van der Waals surface area (Å²) in [5, 5.41) is 0. The SMILES string of the molecule is COc1ccc([Te]CCCN)cc1. The van der Waals surface area contributed by atoms with Crippen LogP contribution in [-0.4, -0.2) is 34.6 Å². The summed E-state index contributed by atoms with van der Waals surface area (Å²) in [6, 6.07) is 8.39. The zero-order chi connectivity index (χ0) is 9.52. The molecule has 0 saturated carbocycles. The Labute approximate surface area is 89.5 Å². The zero-order valence-electron chi connectivity index (χ0n) is 7.82. The topological polar surface area (TPSA) is 35.2 Å². The number of hydrogen-bond donors (Lipinski definition) is 1. The molecular formula is C10H15NOTe. The van der Waals surface area contributed by atoms with Crippen molar-refractivity contribution >= 4 is 24.5 Å². The fraction of sp³-hybridized carbons (Fsp3) is 0.400. The summed E-state index contributed by atoms with van der Waals surface area (Å²) < 4.78 is 7.87. The third-order valence-corrected chi connectivity index (χ3v) is 4.81. The van der Waals surface area contributed by atoms with Crippen LogP contribution in [0, 0.1) is 0 Å². The van der Waals surface area contributed by atoms with Gasteiger partial charge in [-0.15, -0.1) is 0 Å². The summed E-state index contributed by atoms with van der Waals surface area (Å²) in [5.41, 5.74) is 5.44. The minimum absolute atomic E-state index is 0.00519. The molecule has 0 aromatic heterocycles. The molecule has 2 N–H and O–H groups in total. The number of ether oxygens (including phenoxy) is 1. The van der Waals surface area contributed by atoms with Gasteiger partial charge in [-0.1, -0.05) is 0 Å². The van der Waals surface area contributed by atoms with Crippen LogP contribution >= 0.6 is 0 Å². The first-order valence-corrected chi connectivity index (χ1v) is 7.15. The average Bonchev–Trinajstić information content (AvgIpc) is 2.19. The summed E-state index contributed by atoms with van der Waals surface area (Å²) in [6.07, 6.45) is 1.16. The van der Waals surface area contributed by atoms with Crippen LogP contribution in [0.15, 0.2) is 24.3 Å². The predicted molar refractivity (Wildman–Crippen MR) is 56.9 cm³/mol. The van der Waals surface area contributed by atoms with E-state index in [0.29, 0.717) is 0 Å². The van der Waals surface area contributed by atoms with E-state index >= 15 is 0 Å². The first kappa shape index (κ1) is 10.8. The van der Waals surface area contributed by atoms with Crippen LogP contribution in [0.3, 0.4) is 0 Å². The fourth-order valence-electron chi connectivity index (χ4n) is 0.945. The van der Waals surface area contributed by atoms with E-state index in [1.807, 2.05) is 12.1 Å². The Morgan fingerprint density at radius 3 is 2.54 bits per heavy atom. The minimum atomic E-state index is -0.00519. The Hall–Kier alpha value is -0.230. The maximum absolute atomic E-state index is 5.44. The summed E-state index contributed by atoms with van der Waals surface area (Å²) in [4.78, 5) is 0. The van der Waals surface area contributed by atoms with Crippen molar-refractivity contribution in [1.29, 1.82) is 0 Å². The number of methoxy groups -OCH3 is 1. The van der Waals surface area contributed by atoms with Crippen molar-refractivity contribution in [2.24, 2.45) is 5.73 Å². The van der Waals surface area contributed by atoms with Gasteiger partial charge in [0.05, 0.1) is 0 Å². The van der Waals surface area contributed by atoms with Crippen molar-refractivity contribution in [1.82, 2.24) is 0 Å². The fourth-order valence-corrected chi connectivity index (χ4v) is 3.44. The summed E-state index contributed by atoms with van der Waals surface area (Å²) in [5.74, 6) is 0.940. The van der Waals surface area contributed by atoms with Crippen LogP contribution in [-0.2, 0) is 0 Å². The summed E-state index contributed by atoms with van der Waals surface area (Å²) in [7, 11) is 1.69. The molecule has 13 heavy (non-hydrogen) atoms. The molecule has 0 saturated heterocycles. The summed E-state index contributed by atoms with van der Waals surface area (Å²) >= 11 is -0.00519. The van der Waals surface area contributed by atoms with Crippen LogP contribution in [0.5, 0.6) is 5.75 Å². The van der Waals surface area contributed by atoms with Crippen molar-refractivity contribution < 1.29 is 4.74 Å². The Morgan fingerprint density at radius 1 is 1.31 bits per heavy atom. The molecule has 1 aromatic rings. The third-order valence-electron chi connectivity index (χ3n) is 1.68. The van der Waals surface area contributed by atoms with Gasteiger partial charge in [0.2, 0.25) is 0 Å². The monoisotopic (exact) mass is 295 g/mol. The normalized spacial score (nSPS) is 10.0. The second-order valence-corrected chi connectivity index (χ2v) is 6.00. The first-order valence-electron chi connectivity index (χ1n) is 4.33. The van der Waals surface area contributed by atoms with Crippen LogP contribution in [0.2, 0.25) is 4.47 Å². The van der Waals surface area contributed by atoms with Crippen molar-refractivity contribution in [3.63, 3.8) is 0 Å². The van der Waals surface area contributed by atoms with E-state index in [2.05, 4.69) is 12.1 Å². The second kappa shape index (κ2) is 6.26. The van der Waals surface area contributed by atoms with Crippen molar-refractivity contribution in [2.45, 2.75) is 10.9 Å². The van der Waals surface area contributed by atoms with Gasteiger partial charge in [0.15, 0.2) is 0 Å². The quantitative estimate of drug-likeness (QED) is 0.643. The van der Waals surface area contributed by atoms with Gasteiger partial charge in [-0.05, 0) is 0 Å². The molecule has 2 nitrogen and oxygen atoms in total. The maximum atomic E-state index is 5.44. The van der Waals surface area contributed by atoms with Crippen molar-refractivity contribution in [3.8, 4) is 5.75 Å². The van der Waals surface area contributed by atoms with Crippen LogP contribution in [0.25, 0.3) is 0 Å². The standard InChI is InChI=1S/C10H15NOTe/c1-12-9-3-5-10(6-4-9)13-8-2-7-11/h3-6H,2,7-8,11H2,1H3. The van der Waals surface area contributed by atoms with Gasteiger partial charge >= 0.3 is 89.6 Å². The predicted octanol–water partition coefficient (Wildman–Crippen LogP) is 0.792. The van der Waals surface area contributed by atoms with Gasteiger partial charge in [0.1, 0.15) is 0 Å². The molecule has 0 radical (unpaired) electrons. The van der Waals surface area contributed by atoms with E-state index in [1.54, 1.807) is 7.11 Å². The molecule has 1 rings (SSSR count). The van der Waals surface area contributed by atoms with E-state index in [-0.39, 0.29) is 20.9 Å². The molecule has 3 heteroatoms. The number of benzene rings is 1. The van der Waals surface area contributed by atoms with Crippen molar-refractivity contribution in [3.05, 3.63) is 24.3 Å². The number of hydrogen-bond acceptors (Lipinski definition) is 2. The molecule has 0 unspecified atom stereocenters. The molecule has 0 spiro atoms. The van der Waals surface area contributed by atoms with Crippen molar-refractivity contribution in [2.75, 3.05) is 13.7 Å². The Morgan fingerprint density at radius 2 is 2.00 bits per heavy atom. The van der Waals surface area contributed by atoms with Gasteiger partial charge in [-0.2, -0.15) is 0 Å². The van der Waals surface area contributed by atoms with Crippen LogP contribution < -0.4 is 14.1 Å². The van der Waals surface area contributed by atoms with Gasteiger partial charge in [0, 0.05) is 0 Å². The molecule has 0 atom stereocenters. The molecule has 72 valence electrons. The Kier molecular flexibility index (Phi) is 5.22. The van der Waals surface area contributed by atoms with E-state index in [1.165, 1.54) is 8.08 Å². The molecule has 0 heterocycles. The Balaban J connectivity index is 2.40. The molecule has 0 bridgehead atoms. The molecule has 0 aliphatic heterocycles. The van der Waals surface area contributed by atoms with E-state index < -0.39 is 0 Å². The molecule has 0 fully saturated rings. The zero-order valence-corrected chi connectivity index (χ0v) is 10.2. The molecule has 1 aromatic carbocycles. The average molecular weight is 293 g/mol. The van der Waals surface area contributed by atoms with Gasteiger partial charge < -0.3 is 0 Å². The Bertz CT molecular complexity index is 235. The second-order valence-electron chi connectivity index (χ2n) is 2.67. The van der Waals surface area contributed by atoms with Gasteiger partial charge in [-0.25, -0.2) is 0 Å². The van der Waals surface area contributed by atoms with E-state index in [9.17, 15) is 0 Å². The molecule has 0 amide bonds. The molecule has 0 aliphatic carbocycles. The van der Waals surface area contributed by atoms with Gasteiger partial charge in [0.25, 0.3) is 0 Å². The number of rotatable bonds is 5. The van der Waals surface area contributed by atoms with E-state index in [4.69, 9.17) is 10.5 Å².